The van der Waals surface area contributed by atoms with Gasteiger partial charge < -0.3 is 20.1 Å². The van der Waals surface area contributed by atoms with Crippen LogP contribution in [0.3, 0.4) is 0 Å². The van der Waals surface area contributed by atoms with Crippen molar-refractivity contribution in [2.45, 2.75) is 103 Å². The topological polar surface area (TPSA) is 69.9 Å². The van der Waals surface area contributed by atoms with E-state index in [-0.39, 0.29) is 11.5 Å². The Kier molecular flexibility index (Phi) is 7.33. The molecule has 170 valence electrons. The minimum absolute atomic E-state index is 0.203. The van der Waals surface area contributed by atoms with Gasteiger partial charge in [0, 0.05) is 6.61 Å². The van der Waals surface area contributed by atoms with Gasteiger partial charge in [-0.2, -0.15) is 0 Å². The number of hydrogen-bond acceptors (Lipinski definition) is 4. The minimum atomic E-state index is -0.678. The first kappa shape index (κ1) is 23.7. The molecule has 0 aromatic carbocycles. The molecule has 6 atom stereocenters. The molecular weight excluding hydrogens is 376 g/mol. The zero-order valence-corrected chi connectivity index (χ0v) is 19.4. The predicted octanol–water partition coefficient (Wildman–Crippen LogP) is 4.69. The third-order valence-electron chi connectivity index (χ3n) is 8.00. The maximum absolute atomic E-state index is 10.1. The molecule has 3 fully saturated rings. The zero-order chi connectivity index (χ0) is 22.1. The van der Waals surface area contributed by atoms with E-state index >= 15 is 0 Å². The van der Waals surface area contributed by atoms with Gasteiger partial charge in [-0.25, -0.2) is 0 Å². The molecule has 0 unspecified atom stereocenters. The van der Waals surface area contributed by atoms with Gasteiger partial charge in [-0.1, -0.05) is 36.8 Å². The fourth-order valence-corrected chi connectivity index (χ4v) is 6.09. The van der Waals surface area contributed by atoms with Gasteiger partial charge in [-0.3, -0.25) is 0 Å². The Bertz CT molecular complexity index is 670. The van der Waals surface area contributed by atoms with Crippen molar-refractivity contribution in [3.63, 3.8) is 0 Å². The highest BCUT2D eigenvalue weighted by Crippen LogP contribution is 2.58. The summed E-state index contributed by atoms with van der Waals surface area (Å²) < 4.78 is 6.18. The largest absolute Gasteiger partial charge is 0.390 e. The lowest BCUT2D eigenvalue weighted by Gasteiger charge is -2.44. The first-order chi connectivity index (χ1) is 14.0. The van der Waals surface area contributed by atoms with E-state index in [0.29, 0.717) is 43.3 Å². The van der Waals surface area contributed by atoms with Crippen LogP contribution in [0.5, 0.6) is 0 Å². The molecule has 30 heavy (non-hydrogen) atoms. The standard InChI is InChI=1S/C26H42O4/c1-17-23(27)15-19(16-24(17)28)8-9-20-7-6-12-26(5)21(10-11-22(20)26)18(2)30-14-13-25(3,4)29/h8-9,18,21-24,27-29H,1,6-7,10-16H2,2-5H3/b20-9+/t18-,21+,22-,23+,24+,26+/m0/s1. The highest BCUT2D eigenvalue weighted by molar-refractivity contribution is 5.29. The van der Waals surface area contributed by atoms with E-state index in [2.05, 4.69) is 32.6 Å². The number of fused-ring (bicyclic) bond motifs is 1. The van der Waals surface area contributed by atoms with E-state index in [1.807, 2.05) is 13.8 Å². The second-order valence-electron chi connectivity index (χ2n) is 10.8. The van der Waals surface area contributed by atoms with Crippen molar-refractivity contribution in [1.29, 1.82) is 0 Å². The fraction of sp³-hybridized carbons (Fsp3) is 0.769. The van der Waals surface area contributed by atoms with Crippen molar-refractivity contribution >= 4 is 0 Å². The van der Waals surface area contributed by atoms with Gasteiger partial charge in [0.1, 0.15) is 0 Å². The second kappa shape index (κ2) is 9.28. The monoisotopic (exact) mass is 418 g/mol. The van der Waals surface area contributed by atoms with E-state index in [4.69, 9.17) is 4.74 Å². The number of aliphatic hydroxyl groups is 3. The lowest BCUT2D eigenvalue weighted by Crippen LogP contribution is -2.39. The average Bonchev–Trinajstić information content (AvgIpc) is 3.00. The minimum Gasteiger partial charge on any atom is -0.390 e. The number of hydrogen-bond donors (Lipinski definition) is 3. The lowest BCUT2D eigenvalue weighted by atomic mass is 9.62. The third-order valence-corrected chi connectivity index (χ3v) is 8.00. The molecule has 0 aromatic heterocycles. The molecule has 0 saturated heterocycles. The summed E-state index contributed by atoms with van der Waals surface area (Å²) in [5, 5.41) is 30.2. The molecule has 0 aromatic rings. The zero-order valence-electron chi connectivity index (χ0n) is 19.4. The number of aliphatic hydroxyl groups excluding tert-OH is 2. The Labute approximate surface area is 182 Å². The van der Waals surface area contributed by atoms with Crippen LogP contribution in [0.2, 0.25) is 0 Å². The number of ether oxygens (including phenoxy) is 1. The van der Waals surface area contributed by atoms with Gasteiger partial charge in [-0.15, -0.1) is 0 Å². The Morgan fingerprint density at radius 3 is 2.50 bits per heavy atom. The fourth-order valence-electron chi connectivity index (χ4n) is 6.09. The second-order valence-corrected chi connectivity index (χ2v) is 10.8. The summed E-state index contributed by atoms with van der Waals surface area (Å²) in [6.07, 6.45) is 11.2. The van der Waals surface area contributed by atoms with Crippen LogP contribution in [0.4, 0.5) is 0 Å². The van der Waals surface area contributed by atoms with Crippen LogP contribution < -0.4 is 0 Å². The van der Waals surface area contributed by atoms with Gasteiger partial charge in [0.2, 0.25) is 0 Å². The van der Waals surface area contributed by atoms with Crippen LogP contribution in [-0.2, 0) is 4.74 Å². The van der Waals surface area contributed by atoms with Gasteiger partial charge >= 0.3 is 0 Å². The summed E-state index contributed by atoms with van der Waals surface area (Å²) >= 11 is 0. The molecule has 4 heteroatoms. The van der Waals surface area contributed by atoms with Crippen LogP contribution >= 0.6 is 0 Å². The van der Waals surface area contributed by atoms with E-state index in [0.717, 1.165) is 12.0 Å². The summed E-state index contributed by atoms with van der Waals surface area (Å²) in [5.74, 6) is 1.13. The predicted molar refractivity (Wildman–Crippen MR) is 121 cm³/mol. The highest BCUT2D eigenvalue weighted by atomic mass is 16.5. The van der Waals surface area contributed by atoms with Crippen molar-refractivity contribution in [2.75, 3.05) is 6.61 Å². The van der Waals surface area contributed by atoms with Gasteiger partial charge in [-0.05, 0) is 95.0 Å². The van der Waals surface area contributed by atoms with Gasteiger partial charge in [0.05, 0.1) is 23.9 Å². The summed E-state index contributed by atoms with van der Waals surface area (Å²) in [6.45, 7) is 12.7. The molecule has 0 bridgehead atoms. The lowest BCUT2D eigenvalue weighted by molar-refractivity contribution is -0.0454. The molecule has 3 rings (SSSR count). The smallest absolute Gasteiger partial charge is 0.0809 e. The van der Waals surface area contributed by atoms with Crippen molar-refractivity contribution in [3.8, 4) is 0 Å². The first-order valence-corrected chi connectivity index (χ1v) is 11.8. The Morgan fingerprint density at radius 1 is 1.20 bits per heavy atom. The highest BCUT2D eigenvalue weighted by Gasteiger charge is 2.51. The Hall–Kier alpha value is -0.940. The molecular formula is C26H42O4. The van der Waals surface area contributed by atoms with Gasteiger partial charge in [0.15, 0.2) is 0 Å². The van der Waals surface area contributed by atoms with E-state index in [9.17, 15) is 15.3 Å². The van der Waals surface area contributed by atoms with E-state index < -0.39 is 17.8 Å². The quantitative estimate of drug-likeness (QED) is 0.547. The van der Waals surface area contributed by atoms with Crippen LogP contribution in [0.15, 0.2) is 35.5 Å². The normalized spacial score (nSPS) is 37.4. The molecule has 0 spiro atoms. The molecule has 3 saturated carbocycles. The summed E-state index contributed by atoms with van der Waals surface area (Å²) in [6, 6.07) is 0. The number of rotatable bonds is 6. The van der Waals surface area contributed by atoms with Crippen molar-refractivity contribution in [2.24, 2.45) is 17.3 Å². The SMILES string of the molecule is C=C1[C@H](O)CC(=C/C=C2\CCC[C@]3(C)[C@@H]([C@H](C)OCCC(C)(C)O)CC[C@@H]23)C[C@H]1O. The van der Waals surface area contributed by atoms with Crippen LogP contribution in [-0.4, -0.2) is 45.8 Å². The molecule has 0 radical (unpaired) electrons. The Balaban J connectivity index is 1.67. The Morgan fingerprint density at radius 2 is 1.87 bits per heavy atom. The average molecular weight is 419 g/mol. The van der Waals surface area contributed by atoms with Crippen molar-refractivity contribution < 1.29 is 20.1 Å². The third kappa shape index (κ3) is 5.27. The summed E-state index contributed by atoms with van der Waals surface area (Å²) in [4.78, 5) is 0. The van der Waals surface area contributed by atoms with E-state index in [1.165, 1.54) is 31.3 Å². The summed E-state index contributed by atoms with van der Waals surface area (Å²) in [7, 11) is 0. The van der Waals surface area contributed by atoms with Crippen LogP contribution in [0, 0.1) is 17.3 Å². The summed E-state index contributed by atoms with van der Waals surface area (Å²) in [5.41, 5.74) is 2.76. The van der Waals surface area contributed by atoms with Crippen LogP contribution in [0.25, 0.3) is 0 Å². The van der Waals surface area contributed by atoms with Crippen molar-refractivity contribution in [1.82, 2.24) is 0 Å². The van der Waals surface area contributed by atoms with Crippen molar-refractivity contribution in [3.05, 3.63) is 35.5 Å². The molecule has 3 aliphatic carbocycles. The number of allylic oxidation sites excluding steroid dienone is 3. The first-order valence-electron chi connectivity index (χ1n) is 11.8. The van der Waals surface area contributed by atoms with Crippen LogP contribution in [0.1, 0.15) is 79.1 Å². The molecule has 4 nitrogen and oxygen atoms in total. The molecule has 0 heterocycles. The molecule has 3 aliphatic rings. The maximum atomic E-state index is 10.1. The van der Waals surface area contributed by atoms with Gasteiger partial charge in [0.25, 0.3) is 0 Å². The maximum Gasteiger partial charge on any atom is 0.0809 e. The molecule has 0 aliphatic heterocycles. The molecule has 3 N–H and O–H groups in total. The molecule has 0 amide bonds. The van der Waals surface area contributed by atoms with E-state index in [1.54, 1.807) is 0 Å².